The van der Waals surface area contributed by atoms with E-state index in [2.05, 4.69) is 22.4 Å². The number of alkyl halides is 3. The highest BCUT2D eigenvalue weighted by Crippen LogP contribution is 2.37. The highest BCUT2D eigenvalue weighted by atomic mass is 19.4. The van der Waals surface area contributed by atoms with E-state index in [0.717, 1.165) is 48.3 Å². The summed E-state index contributed by atoms with van der Waals surface area (Å²) in [4.78, 5) is 29.6. The Kier molecular flexibility index (Phi) is 9.36. The maximum atomic E-state index is 14.3. The number of hydrogen-bond acceptors (Lipinski definition) is 8. The van der Waals surface area contributed by atoms with Crippen molar-refractivity contribution < 1.29 is 27.1 Å². The van der Waals surface area contributed by atoms with Crippen LogP contribution in [0, 0.1) is 17.1 Å². The second kappa shape index (κ2) is 13.4. The SMILES string of the molecule is C=CC(=O)N1CCN(c2nc(OCC3CCCN3CC(F)(F)F)nc3c2CCC(N2CCCc4ccc(F)cc42)C3)CC1CC#N. The third-order valence-corrected chi connectivity index (χ3v) is 9.70. The summed E-state index contributed by atoms with van der Waals surface area (Å²) in [6.45, 7) is 5.09. The number of fused-ring (bicyclic) bond motifs is 2. The Hall–Kier alpha value is -3.92. The molecule has 1 aromatic heterocycles. The molecule has 3 unspecified atom stereocenters. The van der Waals surface area contributed by atoms with Crippen molar-refractivity contribution in [2.75, 3.05) is 55.7 Å². The lowest BCUT2D eigenvalue weighted by Gasteiger charge is -2.43. The van der Waals surface area contributed by atoms with E-state index in [9.17, 15) is 27.6 Å². The van der Waals surface area contributed by atoms with Crippen molar-refractivity contribution in [1.82, 2.24) is 19.8 Å². The number of likely N-dealkylation sites (tertiary alicyclic amines) is 1. The summed E-state index contributed by atoms with van der Waals surface area (Å²) in [7, 11) is 0. The molecule has 9 nitrogen and oxygen atoms in total. The normalized spacial score (nSPS) is 23.5. The molecule has 1 aromatic carbocycles. The summed E-state index contributed by atoms with van der Waals surface area (Å²) in [5.74, 6) is 0.181. The molecule has 46 heavy (non-hydrogen) atoms. The minimum atomic E-state index is -4.29. The minimum absolute atomic E-state index is 0.0369. The number of amides is 1. The lowest BCUT2D eigenvalue weighted by atomic mass is 9.88. The zero-order valence-corrected chi connectivity index (χ0v) is 25.8. The first kappa shape index (κ1) is 32.0. The topological polar surface area (TPSA) is 88.8 Å². The number of carbonyl (C=O) groups excluding carboxylic acids is 1. The van der Waals surface area contributed by atoms with Gasteiger partial charge in [0, 0.05) is 55.9 Å². The number of ether oxygens (including phenoxy) is 1. The van der Waals surface area contributed by atoms with Crippen LogP contribution in [0.25, 0.3) is 0 Å². The summed E-state index contributed by atoms with van der Waals surface area (Å²) < 4.78 is 60.0. The van der Waals surface area contributed by atoms with Crippen molar-refractivity contribution in [3.63, 3.8) is 0 Å². The largest absolute Gasteiger partial charge is 0.462 e. The summed E-state index contributed by atoms with van der Waals surface area (Å²) in [5.41, 5.74) is 3.82. The molecule has 6 rings (SSSR count). The Morgan fingerprint density at radius 3 is 2.74 bits per heavy atom. The molecule has 0 N–H and O–H groups in total. The van der Waals surface area contributed by atoms with Gasteiger partial charge in [0.15, 0.2) is 0 Å². The van der Waals surface area contributed by atoms with Gasteiger partial charge >= 0.3 is 12.2 Å². The van der Waals surface area contributed by atoms with Crippen molar-refractivity contribution in [2.45, 2.75) is 75.7 Å². The van der Waals surface area contributed by atoms with Gasteiger partial charge in [0.05, 0.1) is 30.8 Å². The first-order valence-electron chi connectivity index (χ1n) is 16.1. The van der Waals surface area contributed by atoms with Crippen LogP contribution in [0.2, 0.25) is 0 Å². The summed E-state index contributed by atoms with van der Waals surface area (Å²) in [6.07, 6.45) is 2.30. The van der Waals surface area contributed by atoms with Gasteiger partial charge in [0.25, 0.3) is 0 Å². The fourth-order valence-electron chi connectivity index (χ4n) is 7.53. The second-order valence-corrected chi connectivity index (χ2v) is 12.6. The standard InChI is InChI=1S/C33H39F4N7O2/c1-2-30(45)44-16-15-41(19-25(44)11-12-38)31-27-10-9-24(43-14-3-5-22-7-8-23(34)17-29(22)43)18-28(27)39-32(40-31)46-20-26-6-4-13-42(26)21-33(35,36)37/h2,7-8,17,24-26H,1,3-6,9-11,13-16,18-21H2. The Morgan fingerprint density at radius 2 is 1.96 bits per heavy atom. The molecule has 2 aromatic rings. The van der Waals surface area contributed by atoms with Crippen LogP contribution in [0.3, 0.4) is 0 Å². The van der Waals surface area contributed by atoms with Crippen molar-refractivity contribution >= 4 is 17.4 Å². The molecule has 3 atom stereocenters. The number of aromatic nitrogens is 2. The van der Waals surface area contributed by atoms with E-state index >= 15 is 0 Å². The predicted molar refractivity (Wildman–Crippen MR) is 164 cm³/mol. The zero-order chi connectivity index (χ0) is 32.4. The molecule has 4 heterocycles. The van der Waals surface area contributed by atoms with Gasteiger partial charge < -0.3 is 19.4 Å². The van der Waals surface area contributed by atoms with Crippen LogP contribution in [-0.2, 0) is 24.1 Å². The van der Waals surface area contributed by atoms with Crippen LogP contribution >= 0.6 is 0 Å². The van der Waals surface area contributed by atoms with Crippen LogP contribution in [0.5, 0.6) is 6.01 Å². The summed E-state index contributed by atoms with van der Waals surface area (Å²) in [6, 6.07) is 6.60. The number of anilines is 2. The van der Waals surface area contributed by atoms with Crippen LogP contribution in [-0.4, -0.2) is 95.9 Å². The average molecular weight is 642 g/mol. The summed E-state index contributed by atoms with van der Waals surface area (Å²) in [5, 5.41) is 9.51. The Bertz CT molecular complexity index is 1500. The molecule has 0 bridgehead atoms. The highest BCUT2D eigenvalue weighted by molar-refractivity contribution is 5.87. The molecule has 0 spiro atoms. The number of benzene rings is 1. The molecule has 2 saturated heterocycles. The Morgan fingerprint density at radius 1 is 1.11 bits per heavy atom. The number of nitriles is 1. The molecular weight excluding hydrogens is 602 g/mol. The molecule has 0 saturated carbocycles. The van der Waals surface area contributed by atoms with E-state index in [0.29, 0.717) is 57.7 Å². The van der Waals surface area contributed by atoms with Gasteiger partial charge in [-0.2, -0.15) is 28.4 Å². The molecule has 4 aliphatic rings. The summed E-state index contributed by atoms with van der Waals surface area (Å²) >= 11 is 0. The maximum absolute atomic E-state index is 14.3. The van der Waals surface area contributed by atoms with Gasteiger partial charge in [-0.05, 0) is 68.8 Å². The quantitative estimate of drug-likeness (QED) is 0.309. The monoisotopic (exact) mass is 641 g/mol. The number of hydrogen-bond donors (Lipinski definition) is 0. The average Bonchev–Trinajstić information content (AvgIpc) is 3.47. The van der Waals surface area contributed by atoms with E-state index in [-0.39, 0.29) is 42.8 Å². The van der Waals surface area contributed by atoms with Gasteiger partial charge in [-0.25, -0.2) is 4.39 Å². The molecular formula is C33H39F4N7O2. The molecule has 3 aliphatic heterocycles. The van der Waals surface area contributed by atoms with E-state index in [1.807, 2.05) is 6.07 Å². The van der Waals surface area contributed by atoms with Gasteiger partial charge in [0.1, 0.15) is 18.2 Å². The van der Waals surface area contributed by atoms with Gasteiger partial charge in [-0.1, -0.05) is 12.6 Å². The number of aryl methyl sites for hydroxylation is 1. The van der Waals surface area contributed by atoms with Crippen LogP contribution < -0.4 is 14.5 Å². The van der Waals surface area contributed by atoms with E-state index in [1.165, 1.54) is 17.0 Å². The number of carbonyl (C=O) groups is 1. The van der Waals surface area contributed by atoms with Crippen LogP contribution in [0.15, 0.2) is 30.9 Å². The first-order chi connectivity index (χ1) is 22.1. The van der Waals surface area contributed by atoms with Crippen LogP contribution in [0.1, 0.15) is 48.9 Å². The van der Waals surface area contributed by atoms with Gasteiger partial charge in [0.2, 0.25) is 5.91 Å². The van der Waals surface area contributed by atoms with Gasteiger partial charge in [-0.15, -0.1) is 0 Å². The fourth-order valence-corrected chi connectivity index (χ4v) is 7.53. The lowest BCUT2D eigenvalue weighted by molar-refractivity contribution is -0.148. The Balaban J connectivity index is 1.29. The van der Waals surface area contributed by atoms with E-state index < -0.39 is 18.8 Å². The molecule has 2 fully saturated rings. The minimum Gasteiger partial charge on any atom is -0.462 e. The van der Waals surface area contributed by atoms with Gasteiger partial charge in [-0.3, -0.25) is 9.69 Å². The third kappa shape index (κ3) is 6.92. The molecule has 13 heteroatoms. The lowest BCUT2D eigenvalue weighted by Crippen LogP contribution is -2.55. The van der Waals surface area contributed by atoms with E-state index in [1.54, 1.807) is 11.0 Å². The molecule has 1 aliphatic carbocycles. The van der Waals surface area contributed by atoms with Crippen molar-refractivity contribution in [1.29, 1.82) is 5.26 Å². The number of nitrogens with zero attached hydrogens (tertiary/aromatic N) is 7. The molecule has 246 valence electrons. The highest BCUT2D eigenvalue weighted by Gasteiger charge is 2.38. The molecule has 1 amide bonds. The first-order valence-corrected chi connectivity index (χ1v) is 16.1. The number of rotatable bonds is 8. The number of piperazine rings is 1. The van der Waals surface area contributed by atoms with E-state index in [4.69, 9.17) is 14.7 Å². The smallest absolute Gasteiger partial charge is 0.401 e. The third-order valence-electron chi connectivity index (χ3n) is 9.70. The van der Waals surface area contributed by atoms with Crippen molar-refractivity contribution in [3.8, 4) is 12.1 Å². The zero-order valence-electron chi connectivity index (χ0n) is 25.8. The number of halogens is 4. The van der Waals surface area contributed by atoms with Crippen LogP contribution in [0.4, 0.5) is 29.1 Å². The molecule has 0 radical (unpaired) electrons. The van der Waals surface area contributed by atoms with Crippen molar-refractivity contribution in [2.24, 2.45) is 0 Å². The predicted octanol–water partition coefficient (Wildman–Crippen LogP) is 4.45. The van der Waals surface area contributed by atoms with Crippen molar-refractivity contribution in [3.05, 3.63) is 53.5 Å². The fraction of sp³-hybridized carbons (Fsp3) is 0.576. The second-order valence-electron chi connectivity index (χ2n) is 12.6. The Labute approximate surface area is 266 Å². The maximum Gasteiger partial charge on any atom is 0.401 e.